The van der Waals surface area contributed by atoms with E-state index in [9.17, 15) is 0 Å². The van der Waals surface area contributed by atoms with Gasteiger partial charge in [-0.2, -0.15) is 5.10 Å². The van der Waals surface area contributed by atoms with Crippen molar-refractivity contribution >= 4 is 0 Å². The van der Waals surface area contributed by atoms with E-state index in [0.717, 1.165) is 29.1 Å². The number of rotatable bonds is 5. The first-order valence-electron chi connectivity index (χ1n) is 6.99. The lowest BCUT2D eigenvalue weighted by molar-refractivity contribution is 0.401. The molecule has 0 radical (unpaired) electrons. The van der Waals surface area contributed by atoms with E-state index in [0.29, 0.717) is 0 Å². The van der Waals surface area contributed by atoms with Crippen LogP contribution in [0.3, 0.4) is 0 Å². The summed E-state index contributed by atoms with van der Waals surface area (Å²) in [5, 5.41) is 4.61. The van der Waals surface area contributed by atoms with Crippen LogP contribution in [0.25, 0.3) is 0 Å². The minimum Gasteiger partial charge on any atom is -0.497 e. The predicted molar refractivity (Wildman–Crippen MR) is 81.1 cm³/mol. The fourth-order valence-corrected chi connectivity index (χ4v) is 2.55. The van der Waals surface area contributed by atoms with Gasteiger partial charge in [-0.15, -0.1) is 0 Å². The molecule has 2 aromatic rings. The fraction of sp³-hybridized carbons (Fsp3) is 0.438. The number of aromatic nitrogens is 2. The van der Waals surface area contributed by atoms with Crippen LogP contribution in [0.15, 0.2) is 30.3 Å². The Morgan fingerprint density at radius 2 is 2.05 bits per heavy atom. The molecule has 2 atom stereocenters. The summed E-state index contributed by atoms with van der Waals surface area (Å²) in [4.78, 5) is 0. The molecule has 0 fully saturated rings. The molecule has 0 saturated carbocycles. The smallest absolute Gasteiger partial charge is 0.119 e. The van der Waals surface area contributed by atoms with E-state index in [2.05, 4.69) is 31.1 Å². The quantitative estimate of drug-likeness (QED) is 0.911. The summed E-state index contributed by atoms with van der Waals surface area (Å²) in [6, 6.07) is 10.2. The van der Waals surface area contributed by atoms with E-state index in [1.807, 2.05) is 29.8 Å². The van der Waals surface area contributed by atoms with Crippen LogP contribution in [0, 0.1) is 13.8 Å². The number of methoxy groups -OCH3 is 1. The standard InChI is InChI=1S/C16H23N3O/c1-5-15(17)16(19-12(3)9-11(2)18-19)13-7-6-8-14(10-13)20-4/h6-10,15-16H,5,17H2,1-4H3. The van der Waals surface area contributed by atoms with Gasteiger partial charge in [-0.05, 0) is 44.0 Å². The maximum absolute atomic E-state index is 6.35. The molecule has 108 valence electrons. The number of nitrogens with two attached hydrogens (primary N) is 1. The highest BCUT2D eigenvalue weighted by Crippen LogP contribution is 2.27. The summed E-state index contributed by atoms with van der Waals surface area (Å²) in [5.74, 6) is 0.845. The topological polar surface area (TPSA) is 53.1 Å². The van der Waals surface area contributed by atoms with Crippen LogP contribution in [0.2, 0.25) is 0 Å². The number of nitrogens with zero attached hydrogens (tertiary/aromatic N) is 2. The third-order valence-electron chi connectivity index (χ3n) is 3.62. The number of benzene rings is 1. The van der Waals surface area contributed by atoms with Crippen LogP contribution in [0.1, 0.15) is 36.3 Å². The Morgan fingerprint density at radius 3 is 2.60 bits per heavy atom. The van der Waals surface area contributed by atoms with Crippen molar-refractivity contribution in [2.24, 2.45) is 5.73 Å². The molecule has 1 heterocycles. The zero-order chi connectivity index (χ0) is 14.7. The first-order valence-corrected chi connectivity index (χ1v) is 6.99. The SMILES string of the molecule is CCC(N)C(c1cccc(OC)c1)n1nc(C)cc1C. The van der Waals surface area contributed by atoms with Gasteiger partial charge in [0.15, 0.2) is 0 Å². The van der Waals surface area contributed by atoms with Crippen LogP contribution in [0.5, 0.6) is 5.75 Å². The van der Waals surface area contributed by atoms with Crippen molar-refractivity contribution in [3.05, 3.63) is 47.3 Å². The zero-order valence-corrected chi connectivity index (χ0v) is 12.6. The average molecular weight is 273 g/mol. The maximum atomic E-state index is 6.35. The van der Waals surface area contributed by atoms with Crippen LogP contribution >= 0.6 is 0 Å². The molecular formula is C16H23N3O. The van der Waals surface area contributed by atoms with Gasteiger partial charge in [0.05, 0.1) is 18.8 Å². The molecule has 2 rings (SSSR count). The molecule has 0 aliphatic carbocycles. The van der Waals surface area contributed by atoms with Gasteiger partial charge in [0.25, 0.3) is 0 Å². The van der Waals surface area contributed by atoms with Gasteiger partial charge in [0, 0.05) is 11.7 Å². The minimum atomic E-state index is 0.0140. The van der Waals surface area contributed by atoms with Crippen molar-refractivity contribution in [2.45, 2.75) is 39.3 Å². The maximum Gasteiger partial charge on any atom is 0.119 e. The van der Waals surface area contributed by atoms with Gasteiger partial charge in [-0.25, -0.2) is 0 Å². The summed E-state index contributed by atoms with van der Waals surface area (Å²) in [6.07, 6.45) is 0.889. The molecule has 1 aromatic heterocycles. The van der Waals surface area contributed by atoms with Crippen LogP contribution < -0.4 is 10.5 Å². The first kappa shape index (κ1) is 14.6. The monoisotopic (exact) mass is 273 g/mol. The molecule has 0 aliphatic heterocycles. The van der Waals surface area contributed by atoms with Crippen LogP contribution in [-0.4, -0.2) is 22.9 Å². The van der Waals surface area contributed by atoms with E-state index in [4.69, 9.17) is 10.5 Å². The Morgan fingerprint density at radius 1 is 1.30 bits per heavy atom. The van der Waals surface area contributed by atoms with E-state index < -0.39 is 0 Å². The van der Waals surface area contributed by atoms with Gasteiger partial charge in [-0.1, -0.05) is 19.1 Å². The van der Waals surface area contributed by atoms with E-state index in [1.54, 1.807) is 7.11 Å². The zero-order valence-electron chi connectivity index (χ0n) is 12.6. The molecule has 20 heavy (non-hydrogen) atoms. The third-order valence-corrected chi connectivity index (χ3v) is 3.62. The van der Waals surface area contributed by atoms with Crippen molar-refractivity contribution in [2.75, 3.05) is 7.11 Å². The lowest BCUT2D eigenvalue weighted by atomic mass is 9.97. The average Bonchev–Trinajstić information content (AvgIpc) is 2.78. The van der Waals surface area contributed by atoms with E-state index in [-0.39, 0.29) is 12.1 Å². The fourth-order valence-electron chi connectivity index (χ4n) is 2.55. The number of ether oxygens (including phenoxy) is 1. The Labute approximate surface area is 120 Å². The highest BCUT2D eigenvalue weighted by molar-refractivity contribution is 5.32. The molecule has 4 nitrogen and oxygen atoms in total. The number of hydrogen-bond donors (Lipinski definition) is 1. The summed E-state index contributed by atoms with van der Waals surface area (Å²) in [6.45, 7) is 6.17. The summed E-state index contributed by atoms with van der Waals surface area (Å²) in [7, 11) is 1.68. The summed E-state index contributed by atoms with van der Waals surface area (Å²) in [5.41, 5.74) is 9.62. The van der Waals surface area contributed by atoms with Crippen molar-refractivity contribution in [3.8, 4) is 5.75 Å². The number of aryl methyl sites for hydroxylation is 2. The van der Waals surface area contributed by atoms with Crippen LogP contribution in [0.4, 0.5) is 0 Å². The van der Waals surface area contributed by atoms with Gasteiger partial charge in [0.1, 0.15) is 5.75 Å². The molecule has 4 heteroatoms. The van der Waals surface area contributed by atoms with Crippen molar-refractivity contribution in [3.63, 3.8) is 0 Å². The molecule has 2 unspecified atom stereocenters. The molecule has 0 saturated heterocycles. The molecule has 2 N–H and O–H groups in total. The van der Waals surface area contributed by atoms with E-state index >= 15 is 0 Å². The van der Waals surface area contributed by atoms with Gasteiger partial charge >= 0.3 is 0 Å². The molecule has 0 aliphatic rings. The Kier molecular flexibility index (Phi) is 4.45. The molecule has 0 amide bonds. The highest BCUT2D eigenvalue weighted by Gasteiger charge is 2.23. The van der Waals surface area contributed by atoms with Crippen molar-refractivity contribution in [1.82, 2.24) is 9.78 Å². The second kappa shape index (κ2) is 6.09. The lowest BCUT2D eigenvalue weighted by Crippen LogP contribution is -2.33. The lowest BCUT2D eigenvalue weighted by Gasteiger charge is -2.25. The van der Waals surface area contributed by atoms with Gasteiger partial charge < -0.3 is 10.5 Å². The third kappa shape index (κ3) is 2.85. The number of hydrogen-bond acceptors (Lipinski definition) is 3. The van der Waals surface area contributed by atoms with E-state index in [1.165, 1.54) is 0 Å². The molecular weight excluding hydrogens is 250 g/mol. The summed E-state index contributed by atoms with van der Waals surface area (Å²) < 4.78 is 7.35. The molecule has 0 spiro atoms. The first-order chi connectivity index (χ1) is 9.56. The normalized spacial score (nSPS) is 14.1. The Bertz CT molecular complexity index is 577. The molecule has 1 aromatic carbocycles. The predicted octanol–water partition coefficient (Wildman–Crippen LogP) is 2.84. The summed E-state index contributed by atoms with van der Waals surface area (Å²) >= 11 is 0. The second-order valence-electron chi connectivity index (χ2n) is 5.17. The van der Waals surface area contributed by atoms with Crippen LogP contribution in [-0.2, 0) is 0 Å². The highest BCUT2D eigenvalue weighted by atomic mass is 16.5. The minimum absolute atomic E-state index is 0.0140. The van der Waals surface area contributed by atoms with Gasteiger partial charge in [0.2, 0.25) is 0 Å². The van der Waals surface area contributed by atoms with Crippen molar-refractivity contribution < 1.29 is 4.74 Å². The Balaban J connectivity index is 2.49. The van der Waals surface area contributed by atoms with Crippen molar-refractivity contribution in [1.29, 1.82) is 0 Å². The Hall–Kier alpha value is -1.81. The van der Waals surface area contributed by atoms with Gasteiger partial charge in [-0.3, -0.25) is 4.68 Å². The largest absolute Gasteiger partial charge is 0.497 e. The molecule has 0 bridgehead atoms. The second-order valence-corrected chi connectivity index (χ2v) is 5.17.